The highest BCUT2D eigenvalue weighted by molar-refractivity contribution is 7.19. The van der Waals surface area contributed by atoms with Crippen molar-refractivity contribution in [3.8, 4) is 10.7 Å². The maximum atomic E-state index is 13.2. The van der Waals surface area contributed by atoms with Crippen LogP contribution in [0.5, 0.6) is 0 Å². The number of aryl methyl sites for hydroxylation is 2. The summed E-state index contributed by atoms with van der Waals surface area (Å²) in [6.45, 7) is 1.92. The largest absolute Gasteiger partial charge is 0.465 e. The lowest BCUT2D eigenvalue weighted by Gasteiger charge is -2.10. The summed E-state index contributed by atoms with van der Waals surface area (Å²) in [6, 6.07) is 3.88. The number of carbonyl (C=O) groups is 1. The molecule has 0 fully saturated rings. The maximum Gasteiger partial charge on any atom is 0.352 e. The lowest BCUT2D eigenvalue weighted by molar-refractivity contribution is -0.143. The molecule has 0 aliphatic heterocycles. The van der Waals surface area contributed by atoms with E-state index in [1.807, 2.05) is 17.5 Å². The highest BCUT2D eigenvalue weighted by Gasteiger charge is 2.25. The Kier molecular flexibility index (Phi) is 4.28. The molecule has 0 N–H and O–H groups in total. The first kappa shape index (κ1) is 17.6. The summed E-state index contributed by atoms with van der Waals surface area (Å²) >= 11 is 3.13. The summed E-state index contributed by atoms with van der Waals surface area (Å²) in [6.07, 6.45) is 4.23. The molecule has 5 rings (SSSR count). The molecule has 0 spiro atoms. The van der Waals surface area contributed by atoms with Crippen molar-refractivity contribution in [2.24, 2.45) is 0 Å². The molecule has 4 aromatic rings. The molecule has 7 nitrogen and oxygen atoms in total. The van der Waals surface area contributed by atoms with Gasteiger partial charge in [-0.2, -0.15) is 4.52 Å². The van der Waals surface area contributed by atoms with E-state index in [9.17, 15) is 9.59 Å². The zero-order valence-corrected chi connectivity index (χ0v) is 16.9. The van der Waals surface area contributed by atoms with E-state index in [0.717, 1.165) is 40.8 Å². The van der Waals surface area contributed by atoms with E-state index < -0.39 is 5.97 Å². The number of rotatable bonds is 4. The molecule has 144 valence electrons. The van der Waals surface area contributed by atoms with Crippen LogP contribution in [0.25, 0.3) is 26.6 Å². The third-order valence-electron chi connectivity index (χ3n) is 4.97. The molecule has 0 saturated heterocycles. The molecule has 1 aliphatic rings. The second kappa shape index (κ2) is 6.82. The molecule has 1 aliphatic carbocycles. The Labute approximate surface area is 168 Å². The van der Waals surface area contributed by atoms with Gasteiger partial charge in [-0.15, -0.1) is 27.8 Å². The summed E-state index contributed by atoms with van der Waals surface area (Å²) in [5.74, 6) is 0.119. The van der Waals surface area contributed by atoms with E-state index in [1.165, 1.54) is 30.9 Å². The average Bonchev–Trinajstić information content (AvgIpc) is 3.42. The van der Waals surface area contributed by atoms with Gasteiger partial charge in [0.25, 0.3) is 0 Å². The zero-order chi connectivity index (χ0) is 19.3. The predicted octanol–water partition coefficient (Wildman–Crippen LogP) is 3.28. The molecule has 4 aromatic heterocycles. The number of fused-ring (bicyclic) bond motifs is 5. The van der Waals surface area contributed by atoms with Crippen molar-refractivity contribution in [3.63, 3.8) is 0 Å². The smallest absolute Gasteiger partial charge is 0.352 e. The molecular formula is C19H18N4O3S2. The van der Waals surface area contributed by atoms with Crippen LogP contribution in [0.3, 0.4) is 0 Å². The van der Waals surface area contributed by atoms with Crippen molar-refractivity contribution in [1.82, 2.24) is 19.2 Å². The fraction of sp³-hybridized carbons (Fsp3) is 0.368. The summed E-state index contributed by atoms with van der Waals surface area (Å²) in [7, 11) is 0. The van der Waals surface area contributed by atoms with Gasteiger partial charge < -0.3 is 4.74 Å². The Morgan fingerprint density at radius 3 is 2.96 bits per heavy atom. The zero-order valence-electron chi connectivity index (χ0n) is 15.3. The van der Waals surface area contributed by atoms with Gasteiger partial charge in [-0.1, -0.05) is 6.07 Å². The van der Waals surface area contributed by atoms with Crippen molar-refractivity contribution < 1.29 is 9.53 Å². The molecule has 28 heavy (non-hydrogen) atoms. The molecule has 9 heteroatoms. The Morgan fingerprint density at radius 1 is 1.32 bits per heavy atom. The quantitative estimate of drug-likeness (QED) is 0.479. The van der Waals surface area contributed by atoms with Crippen LogP contribution in [0.4, 0.5) is 0 Å². The molecule has 0 saturated carbocycles. The van der Waals surface area contributed by atoms with Gasteiger partial charge >= 0.3 is 11.7 Å². The highest BCUT2D eigenvalue weighted by Crippen LogP contribution is 2.38. The van der Waals surface area contributed by atoms with Crippen molar-refractivity contribution in [2.45, 2.75) is 39.2 Å². The van der Waals surface area contributed by atoms with Crippen molar-refractivity contribution in [2.75, 3.05) is 6.61 Å². The van der Waals surface area contributed by atoms with Crippen LogP contribution >= 0.6 is 22.7 Å². The predicted molar refractivity (Wildman–Crippen MR) is 109 cm³/mol. The van der Waals surface area contributed by atoms with Gasteiger partial charge in [0.15, 0.2) is 11.5 Å². The second-order valence-electron chi connectivity index (χ2n) is 6.71. The lowest BCUT2D eigenvalue weighted by atomic mass is 9.97. The van der Waals surface area contributed by atoms with Gasteiger partial charge in [0.05, 0.1) is 16.9 Å². The monoisotopic (exact) mass is 414 g/mol. The van der Waals surface area contributed by atoms with Gasteiger partial charge in [-0.25, -0.2) is 9.78 Å². The molecule has 0 radical (unpaired) electrons. The molecule has 4 heterocycles. The number of esters is 1. The SMILES string of the molecule is CCOC(=O)Cn1c(=O)n2nc(-c3cccs3)nc2c2c3c(sc21)CCCC3. The first-order valence-electron chi connectivity index (χ1n) is 9.30. The van der Waals surface area contributed by atoms with Crippen LogP contribution < -0.4 is 5.69 Å². The van der Waals surface area contributed by atoms with Gasteiger partial charge in [0.1, 0.15) is 11.4 Å². The number of hydrogen-bond donors (Lipinski definition) is 0. The molecule has 0 aromatic carbocycles. The Balaban J connectivity index is 1.82. The van der Waals surface area contributed by atoms with E-state index in [0.29, 0.717) is 11.5 Å². The van der Waals surface area contributed by atoms with E-state index in [1.54, 1.807) is 18.3 Å². The van der Waals surface area contributed by atoms with E-state index in [2.05, 4.69) is 5.10 Å². The highest BCUT2D eigenvalue weighted by atomic mass is 32.1. The summed E-state index contributed by atoms with van der Waals surface area (Å²) < 4.78 is 7.93. The van der Waals surface area contributed by atoms with Crippen LogP contribution in [-0.2, 0) is 28.9 Å². The number of thiophene rings is 2. The van der Waals surface area contributed by atoms with Crippen molar-refractivity contribution >= 4 is 44.5 Å². The minimum Gasteiger partial charge on any atom is -0.465 e. The topological polar surface area (TPSA) is 78.5 Å². The maximum absolute atomic E-state index is 13.2. The number of nitrogens with zero attached hydrogens (tertiary/aromatic N) is 4. The summed E-state index contributed by atoms with van der Waals surface area (Å²) in [5.41, 5.74) is 1.48. The van der Waals surface area contributed by atoms with Crippen LogP contribution in [0.15, 0.2) is 22.3 Å². The van der Waals surface area contributed by atoms with Gasteiger partial charge in [0, 0.05) is 4.88 Å². The molecule has 0 amide bonds. The molecule has 0 bridgehead atoms. The van der Waals surface area contributed by atoms with Crippen molar-refractivity contribution in [1.29, 1.82) is 0 Å². The van der Waals surface area contributed by atoms with Gasteiger partial charge in [0.2, 0.25) is 0 Å². The van der Waals surface area contributed by atoms with Crippen LogP contribution in [-0.4, -0.2) is 31.7 Å². The Bertz CT molecular complexity index is 1250. The molecule has 0 unspecified atom stereocenters. The molecule has 0 atom stereocenters. The van der Waals surface area contributed by atoms with E-state index >= 15 is 0 Å². The number of ether oxygens (including phenoxy) is 1. The minimum atomic E-state index is -0.421. The summed E-state index contributed by atoms with van der Waals surface area (Å²) in [4.78, 5) is 33.1. The first-order valence-corrected chi connectivity index (χ1v) is 11.0. The normalized spacial score (nSPS) is 13.9. The van der Waals surface area contributed by atoms with Crippen LogP contribution in [0.1, 0.15) is 30.2 Å². The standard InChI is InChI=1S/C19H18N4O3S2/c1-2-26-14(24)10-22-18-15(11-6-3-4-7-12(11)28-18)17-20-16(13-8-5-9-27-13)21-23(17)19(22)25/h5,8-9H,2-4,6-7,10H2,1H3. The third-order valence-corrected chi connectivity index (χ3v) is 7.16. The Morgan fingerprint density at radius 2 is 2.18 bits per heavy atom. The van der Waals surface area contributed by atoms with E-state index in [4.69, 9.17) is 9.72 Å². The number of carbonyl (C=O) groups excluding carboxylic acids is 1. The minimum absolute atomic E-state index is 0.118. The number of hydrogen-bond acceptors (Lipinski definition) is 7. The summed E-state index contributed by atoms with van der Waals surface area (Å²) in [5, 5.41) is 7.40. The lowest BCUT2D eigenvalue weighted by Crippen LogP contribution is -2.30. The van der Waals surface area contributed by atoms with Crippen LogP contribution in [0.2, 0.25) is 0 Å². The van der Waals surface area contributed by atoms with Crippen LogP contribution in [0, 0.1) is 0 Å². The van der Waals surface area contributed by atoms with Gasteiger partial charge in [-0.3, -0.25) is 9.36 Å². The Hall–Kier alpha value is -2.52. The van der Waals surface area contributed by atoms with E-state index in [-0.39, 0.29) is 18.8 Å². The average molecular weight is 415 g/mol. The molecular weight excluding hydrogens is 396 g/mol. The van der Waals surface area contributed by atoms with Gasteiger partial charge in [-0.05, 0) is 49.6 Å². The number of aromatic nitrogens is 4. The fourth-order valence-corrected chi connectivity index (χ4v) is 5.80. The first-order chi connectivity index (χ1) is 13.7. The second-order valence-corrected chi connectivity index (χ2v) is 8.74. The van der Waals surface area contributed by atoms with Crippen molar-refractivity contribution in [3.05, 3.63) is 38.4 Å². The fourth-order valence-electron chi connectivity index (χ4n) is 3.77. The third kappa shape index (κ3) is 2.68.